The maximum Gasteiger partial charge on any atom is 0.214 e. The number of sulfonamides is 1. The highest BCUT2D eigenvalue weighted by molar-refractivity contribution is 7.89. The Balaban J connectivity index is 4.44. The van der Waals surface area contributed by atoms with E-state index in [1.807, 2.05) is 20.8 Å². The second kappa shape index (κ2) is 7.47. The van der Waals surface area contributed by atoms with Crippen molar-refractivity contribution in [1.82, 2.24) is 4.31 Å². The summed E-state index contributed by atoms with van der Waals surface area (Å²) in [7, 11) is -3.11. The molecule has 0 aliphatic rings. The van der Waals surface area contributed by atoms with Crippen LogP contribution in [0.3, 0.4) is 0 Å². The Morgan fingerprint density at radius 2 is 1.87 bits per heavy atom. The van der Waals surface area contributed by atoms with Gasteiger partial charge >= 0.3 is 0 Å². The molecule has 0 radical (unpaired) electrons. The van der Waals surface area contributed by atoms with Crippen LogP contribution in [0.4, 0.5) is 0 Å². The molecule has 15 heavy (non-hydrogen) atoms. The van der Waals surface area contributed by atoms with E-state index in [1.54, 1.807) is 0 Å². The first-order valence-corrected chi connectivity index (χ1v) is 7.62. The Kier molecular flexibility index (Phi) is 7.57. The zero-order chi connectivity index (χ0) is 11.9. The molecule has 0 saturated carbocycles. The van der Waals surface area contributed by atoms with Crippen LogP contribution in [0.25, 0.3) is 0 Å². The van der Waals surface area contributed by atoms with Crippen LogP contribution in [-0.4, -0.2) is 37.4 Å². The van der Waals surface area contributed by atoms with Crippen molar-refractivity contribution >= 4 is 21.6 Å². The molecule has 0 atom stereocenters. The molecule has 0 fully saturated rings. The van der Waals surface area contributed by atoms with Gasteiger partial charge in [0, 0.05) is 19.0 Å². The molecule has 0 saturated heterocycles. The molecule has 0 N–H and O–H groups in total. The number of hydrogen-bond acceptors (Lipinski definition) is 2. The average molecular weight is 256 g/mol. The van der Waals surface area contributed by atoms with Gasteiger partial charge in [0.2, 0.25) is 10.0 Å². The van der Waals surface area contributed by atoms with Crippen LogP contribution in [0, 0.1) is 5.92 Å². The highest BCUT2D eigenvalue weighted by Gasteiger charge is 2.21. The maximum atomic E-state index is 11.9. The van der Waals surface area contributed by atoms with E-state index in [2.05, 4.69) is 0 Å². The zero-order valence-electron chi connectivity index (χ0n) is 9.87. The SMILES string of the molecule is CCCCN(CCCl)S(=O)(=O)CC(C)C. The predicted molar refractivity (Wildman–Crippen MR) is 65.8 cm³/mol. The van der Waals surface area contributed by atoms with Gasteiger partial charge in [-0.05, 0) is 12.3 Å². The van der Waals surface area contributed by atoms with Gasteiger partial charge < -0.3 is 0 Å². The average Bonchev–Trinajstić information content (AvgIpc) is 2.09. The van der Waals surface area contributed by atoms with Gasteiger partial charge in [-0.2, -0.15) is 0 Å². The predicted octanol–water partition coefficient (Wildman–Crippen LogP) is 2.31. The lowest BCUT2D eigenvalue weighted by Gasteiger charge is -2.21. The van der Waals surface area contributed by atoms with Crippen LogP contribution in [0.5, 0.6) is 0 Å². The van der Waals surface area contributed by atoms with Crippen molar-refractivity contribution < 1.29 is 8.42 Å². The Labute approximate surface area is 98.8 Å². The van der Waals surface area contributed by atoms with Crippen molar-refractivity contribution in [1.29, 1.82) is 0 Å². The minimum Gasteiger partial charge on any atom is -0.212 e. The molecule has 0 bridgehead atoms. The third-order valence-electron chi connectivity index (χ3n) is 2.03. The first kappa shape index (κ1) is 15.2. The summed E-state index contributed by atoms with van der Waals surface area (Å²) < 4.78 is 25.3. The fraction of sp³-hybridized carbons (Fsp3) is 1.00. The normalized spacial score (nSPS) is 12.7. The van der Waals surface area contributed by atoms with Crippen molar-refractivity contribution in [3.05, 3.63) is 0 Å². The van der Waals surface area contributed by atoms with Gasteiger partial charge in [-0.15, -0.1) is 11.6 Å². The molecule has 0 spiro atoms. The van der Waals surface area contributed by atoms with Crippen molar-refractivity contribution in [3.63, 3.8) is 0 Å². The molecular weight excluding hydrogens is 234 g/mol. The maximum absolute atomic E-state index is 11.9. The van der Waals surface area contributed by atoms with Crippen LogP contribution in [0.2, 0.25) is 0 Å². The van der Waals surface area contributed by atoms with E-state index in [9.17, 15) is 8.42 Å². The van der Waals surface area contributed by atoms with Gasteiger partial charge in [0.1, 0.15) is 0 Å². The van der Waals surface area contributed by atoms with Crippen LogP contribution in [-0.2, 0) is 10.0 Å². The Morgan fingerprint density at radius 1 is 1.27 bits per heavy atom. The van der Waals surface area contributed by atoms with E-state index in [-0.39, 0.29) is 11.7 Å². The summed E-state index contributed by atoms with van der Waals surface area (Å²) in [6.07, 6.45) is 1.89. The highest BCUT2D eigenvalue weighted by Crippen LogP contribution is 2.09. The van der Waals surface area contributed by atoms with Crippen molar-refractivity contribution in [2.45, 2.75) is 33.6 Å². The third kappa shape index (κ3) is 6.38. The fourth-order valence-electron chi connectivity index (χ4n) is 1.35. The summed E-state index contributed by atoms with van der Waals surface area (Å²) in [4.78, 5) is 0. The standard InChI is InChI=1S/C10H22ClNO2S/c1-4-5-7-12(8-6-11)15(13,14)9-10(2)3/h10H,4-9H2,1-3H3. The quantitative estimate of drug-likeness (QED) is 0.625. The number of alkyl halides is 1. The first-order valence-electron chi connectivity index (χ1n) is 5.47. The molecule has 92 valence electrons. The highest BCUT2D eigenvalue weighted by atomic mass is 35.5. The second-order valence-corrected chi connectivity index (χ2v) is 6.51. The van der Waals surface area contributed by atoms with Crippen LogP contribution >= 0.6 is 11.6 Å². The fourth-order valence-corrected chi connectivity index (χ4v) is 3.48. The third-order valence-corrected chi connectivity index (χ3v) is 4.44. The molecular formula is C10H22ClNO2S. The smallest absolute Gasteiger partial charge is 0.212 e. The van der Waals surface area contributed by atoms with E-state index in [1.165, 1.54) is 4.31 Å². The topological polar surface area (TPSA) is 37.4 Å². The lowest BCUT2D eigenvalue weighted by Crippen LogP contribution is -2.36. The van der Waals surface area contributed by atoms with Gasteiger partial charge in [0.25, 0.3) is 0 Å². The minimum absolute atomic E-state index is 0.162. The molecule has 0 aromatic rings. The summed E-state index contributed by atoms with van der Waals surface area (Å²) in [5.74, 6) is 0.740. The van der Waals surface area contributed by atoms with Crippen molar-refractivity contribution in [3.8, 4) is 0 Å². The lowest BCUT2D eigenvalue weighted by molar-refractivity contribution is 0.416. The van der Waals surface area contributed by atoms with Crippen molar-refractivity contribution in [2.75, 3.05) is 24.7 Å². The lowest BCUT2D eigenvalue weighted by atomic mass is 10.3. The van der Waals surface area contributed by atoms with E-state index < -0.39 is 10.0 Å². The molecule has 0 aromatic carbocycles. The number of nitrogens with zero attached hydrogens (tertiary/aromatic N) is 1. The van der Waals surface area contributed by atoms with E-state index in [4.69, 9.17) is 11.6 Å². The van der Waals surface area contributed by atoms with Crippen LogP contribution < -0.4 is 0 Å². The van der Waals surface area contributed by atoms with Gasteiger partial charge in [-0.1, -0.05) is 27.2 Å². The Morgan fingerprint density at radius 3 is 2.27 bits per heavy atom. The Hall–Kier alpha value is 0.200. The molecule has 0 unspecified atom stereocenters. The van der Waals surface area contributed by atoms with E-state index >= 15 is 0 Å². The zero-order valence-corrected chi connectivity index (χ0v) is 11.4. The largest absolute Gasteiger partial charge is 0.214 e. The number of hydrogen-bond donors (Lipinski definition) is 0. The van der Waals surface area contributed by atoms with Gasteiger partial charge in [-0.3, -0.25) is 0 Å². The van der Waals surface area contributed by atoms with Crippen LogP contribution in [0.1, 0.15) is 33.6 Å². The summed E-state index contributed by atoms with van der Waals surface area (Å²) in [6.45, 7) is 6.90. The number of halogens is 1. The monoisotopic (exact) mass is 255 g/mol. The summed E-state index contributed by atoms with van der Waals surface area (Å²) >= 11 is 5.61. The molecule has 0 heterocycles. The molecule has 0 amide bonds. The molecule has 3 nitrogen and oxygen atoms in total. The second-order valence-electron chi connectivity index (χ2n) is 4.11. The van der Waals surface area contributed by atoms with Gasteiger partial charge in [0.05, 0.1) is 5.75 Å². The number of rotatable bonds is 8. The molecule has 0 aliphatic carbocycles. The van der Waals surface area contributed by atoms with Gasteiger partial charge in [-0.25, -0.2) is 12.7 Å². The summed E-state index contributed by atoms with van der Waals surface area (Å²) in [5.41, 5.74) is 0. The first-order chi connectivity index (χ1) is 6.94. The molecule has 5 heteroatoms. The molecule has 0 aliphatic heterocycles. The molecule has 0 rings (SSSR count). The Bertz CT molecular complexity index is 252. The summed E-state index contributed by atoms with van der Waals surface area (Å²) in [5, 5.41) is 0. The molecule has 0 aromatic heterocycles. The van der Waals surface area contributed by atoms with E-state index in [0.717, 1.165) is 12.8 Å². The minimum atomic E-state index is -3.11. The van der Waals surface area contributed by atoms with Crippen molar-refractivity contribution in [2.24, 2.45) is 5.92 Å². The number of unbranched alkanes of at least 4 members (excludes halogenated alkanes) is 1. The van der Waals surface area contributed by atoms with E-state index in [0.29, 0.717) is 19.0 Å². The van der Waals surface area contributed by atoms with Crippen LogP contribution in [0.15, 0.2) is 0 Å². The van der Waals surface area contributed by atoms with Gasteiger partial charge in [0.15, 0.2) is 0 Å². The summed E-state index contributed by atoms with van der Waals surface area (Å²) in [6, 6.07) is 0.